The summed E-state index contributed by atoms with van der Waals surface area (Å²) in [5, 5.41) is 1.28. The topological polar surface area (TPSA) is 68.9 Å². The van der Waals surface area contributed by atoms with Crippen LogP contribution in [-0.4, -0.2) is 21.8 Å². The van der Waals surface area contributed by atoms with Crippen LogP contribution in [0.5, 0.6) is 0 Å². The normalized spacial score (nSPS) is 14.0. The average molecular weight is 396 g/mol. The Labute approximate surface area is 166 Å². The highest BCUT2D eigenvalue weighted by atomic mass is 35.5. The molecule has 2 aromatic heterocycles. The fourth-order valence-electron chi connectivity index (χ4n) is 2.18. The number of aromatic nitrogens is 2. The third kappa shape index (κ3) is 6.35. The number of carbonyl (C=O) groups excluding carboxylic acids is 1. The minimum absolute atomic E-state index is 0.0766. The second kappa shape index (κ2) is 10.0. The number of hydrogen-bond donors (Lipinski definition) is 1. The molecule has 2 rings (SSSR count). The van der Waals surface area contributed by atoms with E-state index in [4.69, 9.17) is 28.9 Å². The first-order valence-corrected chi connectivity index (χ1v) is 9.30. The van der Waals surface area contributed by atoms with E-state index in [9.17, 15) is 4.79 Å². The van der Waals surface area contributed by atoms with Crippen molar-refractivity contribution in [3.8, 4) is 0 Å². The zero-order chi connectivity index (χ0) is 20.0. The number of ketones is 1. The van der Waals surface area contributed by atoms with Gasteiger partial charge in [0.1, 0.15) is 5.78 Å². The maximum atomic E-state index is 11.1. The molecule has 26 heavy (non-hydrogen) atoms. The molecule has 142 valence electrons. The van der Waals surface area contributed by atoms with Gasteiger partial charge in [0, 0.05) is 24.4 Å². The van der Waals surface area contributed by atoms with E-state index >= 15 is 0 Å². The summed E-state index contributed by atoms with van der Waals surface area (Å²) in [6.45, 7) is 11.2. The van der Waals surface area contributed by atoms with Crippen molar-refractivity contribution >= 4 is 29.0 Å². The van der Waals surface area contributed by atoms with E-state index < -0.39 is 0 Å². The van der Waals surface area contributed by atoms with Crippen LogP contribution >= 0.6 is 23.2 Å². The molecule has 0 aliphatic heterocycles. The second-order valence-electron chi connectivity index (χ2n) is 6.74. The van der Waals surface area contributed by atoms with Crippen LogP contribution in [0.3, 0.4) is 0 Å². The number of halogens is 2. The van der Waals surface area contributed by atoms with Crippen LogP contribution in [0.25, 0.3) is 0 Å². The van der Waals surface area contributed by atoms with Gasteiger partial charge in [-0.25, -0.2) is 0 Å². The van der Waals surface area contributed by atoms with E-state index in [0.717, 1.165) is 16.8 Å². The molecule has 2 heterocycles. The molecule has 2 aromatic rings. The highest BCUT2D eigenvalue weighted by molar-refractivity contribution is 6.31. The highest BCUT2D eigenvalue weighted by Gasteiger charge is 2.16. The number of nitrogens with zero attached hydrogens (tertiary/aromatic N) is 2. The zero-order valence-corrected chi connectivity index (χ0v) is 17.7. The molecule has 6 heteroatoms. The largest absolute Gasteiger partial charge is 0.327 e. The number of nitrogens with two attached hydrogens (primary N) is 1. The molecular weight excluding hydrogens is 369 g/mol. The number of pyridine rings is 2. The third-order valence-corrected chi connectivity index (χ3v) is 4.86. The lowest BCUT2D eigenvalue weighted by Crippen LogP contribution is -2.23. The molecule has 0 aromatic carbocycles. The molecule has 0 radical (unpaired) electrons. The van der Waals surface area contributed by atoms with Crippen molar-refractivity contribution in [2.45, 2.75) is 59.4 Å². The van der Waals surface area contributed by atoms with Crippen LogP contribution in [0.15, 0.2) is 24.5 Å². The molecule has 4 nitrogen and oxygen atoms in total. The van der Waals surface area contributed by atoms with Gasteiger partial charge in [-0.05, 0) is 57.9 Å². The molecule has 0 fully saturated rings. The lowest BCUT2D eigenvalue weighted by atomic mass is 9.99. The summed E-state index contributed by atoms with van der Waals surface area (Å²) in [4.78, 5) is 19.5. The van der Waals surface area contributed by atoms with Gasteiger partial charge in [0.15, 0.2) is 0 Å². The maximum absolute atomic E-state index is 11.1. The van der Waals surface area contributed by atoms with Gasteiger partial charge < -0.3 is 5.73 Å². The molecule has 0 spiro atoms. The molecule has 3 atom stereocenters. The Kier molecular flexibility index (Phi) is 8.68. The fraction of sp³-hybridized carbons (Fsp3) is 0.450. The molecule has 0 amide bonds. The summed E-state index contributed by atoms with van der Waals surface area (Å²) in [7, 11) is 0. The fourth-order valence-corrected chi connectivity index (χ4v) is 2.96. The minimum atomic E-state index is -0.215. The van der Waals surface area contributed by atoms with E-state index in [1.165, 1.54) is 0 Å². The molecular formula is C20H27Cl2N3O. The summed E-state index contributed by atoms with van der Waals surface area (Å²) in [5.74, 6) is 0.0689. The number of hydrogen-bond acceptors (Lipinski definition) is 4. The van der Waals surface area contributed by atoms with Gasteiger partial charge in [0.2, 0.25) is 0 Å². The van der Waals surface area contributed by atoms with E-state index in [1.54, 1.807) is 13.1 Å². The van der Waals surface area contributed by atoms with E-state index in [-0.39, 0.29) is 23.7 Å². The Bertz CT molecular complexity index is 763. The van der Waals surface area contributed by atoms with Gasteiger partial charge in [-0.15, -0.1) is 0 Å². The van der Waals surface area contributed by atoms with Gasteiger partial charge in [0.05, 0.1) is 27.4 Å². The Hall–Kier alpha value is -1.49. The first-order valence-electron chi connectivity index (χ1n) is 8.54. The van der Waals surface area contributed by atoms with E-state index in [2.05, 4.69) is 9.97 Å². The van der Waals surface area contributed by atoms with Gasteiger partial charge in [-0.1, -0.05) is 30.1 Å². The van der Waals surface area contributed by atoms with Gasteiger partial charge in [-0.3, -0.25) is 14.8 Å². The predicted molar refractivity (Wildman–Crippen MR) is 109 cm³/mol. The number of carbonyl (C=O) groups is 1. The minimum Gasteiger partial charge on any atom is -0.327 e. The van der Waals surface area contributed by atoms with Gasteiger partial charge in [0.25, 0.3) is 0 Å². The van der Waals surface area contributed by atoms with Crippen molar-refractivity contribution in [1.29, 1.82) is 0 Å². The van der Waals surface area contributed by atoms with Crippen LogP contribution < -0.4 is 5.73 Å². The molecule has 2 N–H and O–H groups in total. The monoisotopic (exact) mass is 395 g/mol. The molecule has 0 bridgehead atoms. The molecule has 0 aliphatic rings. The lowest BCUT2D eigenvalue weighted by molar-refractivity contribution is -0.118. The van der Waals surface area contributed by atoms with Crippen LogP contribution in [-0.2, 0) is 4.79 Å². The maximum Gasteiger partial charge on any atom is 0.138 e. The number of Topliss-reactive ketones (excluding diaryl/α,β-unsaturated/α-hetero) is 1. The van der Waals surface area contributed by atoms with Crippen molar-refractivity contribution in [3.63, 3.8) is 0 Å². The molecule has 0 aliphatic carbocycles. The quantitative estimate of drug-likeness (QED) is 0.768. The van der Waals surface area contributed by atoms with E-state index in [0.29, 0.717) is 15.7 Å². The average Bonchev–Trinajstić information content (AvgIpc) is 2.54. The van der Waals surface area contributed by atoms with Crippen molar-refractivity contribution in [2.24, 2.45) is 5.73 Å². The smallest absolute Gasteiger partial charge is 0.138 e. The highest BCUT2D eigenvalue weighted by Crippen LogP contribution is 2.25. The molecule has 0 saturated heterocycles. The van der Waals surface area contributed by atoms with Crippen molar-refractivity contribution in [3.05, 3.63) is 57.1 Å². The summed E-state index contributed by atoms with van der Waals surface area (Å²) < 4.78 is 0. The first kappa shape index (κ1) is 22.6. The molecule has 0 saturated carbocycles. The van der Waals surface area contributed by atoms with Crippen molar-refractivity contribution in [2.75, 3.05) is 0 Å². The Morgan fingerprint density at radius 2 is 1.38 bits per heavy atom. The van der Waals surface area contributed by atoms with Gasteiger partial charge in [-0.2, -0.15) is 0 Å². The van der Waals surface area contributed by atoms with Crippen LogP contribution in [0, 0.1) is 13.8 Å². The predicted octanol–water partition coefficient (Wildman–Crippen LogP) is 5.23. The SMILES string of the molecule is CC(=O)C(C)c1ncc(C)cc1Cl.Cc1cnc(C(C)C(C)N)c(Cl)c1. The standard InChI is InChI=1S/C10H15ClN2.C10H12ClNO/c1-6-4-9(11)10(13-5-6)7(2)8(3)12;1-6-4-9(11)10(12-5-6)7(2)8(3)13/h4-5,7-8H,12H2,1-3H3;4-5,7H,1-3H3. The Morgan fingerprint density at radius 3 is 1.73 bits per heavy atom. The zero-order valence-electron chi connectivity index (χ0n) is 16.2. The Balaban J connectivity index is 0.000000260. The summed E-state index contributed by atoms with van der Waals surface area (Å²) >= 11 is 12.0. The molecule has 3 unspecified atom stereocenters. The Morgan fingerprint density at radius 1 is 0.962 bits per heavy atom. The van der Waals surface area contributed by atoms with Crippen LogP contribution in [0.2, 0.25) is 10.0 Å². The van der Waals surface area contributed by atoms with Crippen LogP contribution in [0.4, 0.5) is 0 Å². The third-order valence-electron chi connectivity index (χ3n) is 4.25. The number of aryl methyl sites for hydroxylation is 2. The first-order chi connectivity index (χ1) is 12.0. The number of rotatable bonds is 4. The summed E-state index contributed by atoms with van der Waals surface area (Å²) in [6, 6.07) is 3.82. The summed E-state index contributed by atoms with van der Waals surface area (Å²) in [6.07, 6.45) is 3.54. The van der Waals surface area contributed by atoms with Gasteiger partial charge >= 0.3 is 0 Å². The van der Waals surface area contributed by atoms with Crippen molar-refractivity contribution in [1.82, 2.24) is 9.97 Å². The summed E-state index contributed by atoms with van der Waals surface area (Å²) in [5.41, 5.74) is 9.41. The van der Waals surface area contributed by atoms with E-state index in [1.807, 2.05) is 52.9 Å². The lowest BCUT2D eigenvalue weighted by Gasteiger charge is -2.16. The van der Waals surface area contributed by atoms with Crippen molar-refractivity contribution < 1.29 is 4.79 Å². The van der Waals surface area contributed by atoms with Crippen LogP contribution in [0.1, 0.15) is 62.0 Å². The second-order valence-corrected chi connectivity index (χ2v) is 7.55.